The third kappa shape index (κ3) is 3.15. The Balaban J connectivity index is 1.89. The minimum Gasteiger partial charge on any atom is -0.433 e. The number of thiophene rings is 1. The number of amides is 1. The van der Waals surface area contributed by atoms with Crippen LogP contribution in [0.3, 0.4) is 0 Å². The molecule has 0 bridgehead atoms. The first kappa shape index (κ1) is 16.9. The van der Waals surface area contributed by atoms with Gasteiger partial charge in [-0.2, -0.15) is 8.78 Å². The minimum absolute atomic E-state index is 0.0402. The number of anilines is 1. The molecule has 0 N–H and O–H groups in total. The summed E-state index contributed by atoms with van der Waals surface area (Å²) in [6, 6.07) is 7.51. The molecule has 2 heterocycles. The van der Waals surface area contributed by atoms with E-state index in [4.69, 9.17) is 0 Å². The van der Waals surface area contributed by atoms with Crippen molar-refractivity contribution in [1.29, 1.82) is 0 Å². The Morgan fingerprint density at radius 1 is 1.29 bits per heavy atom. The Morgan fingerprint density at radius 2 is 2.04 bits per heavy atom. The highest BCUT2D eigenvalue weighted by molar-refractivity contribution is 7.12. The molecule has 128 valence electrons. The smallest absolute Gasteiger partial charge is 0.387 e. The molecule has 3 nitrogen and oxygen atoms in total. The largest absolute Gasteiger partial charge is 0.433 e. The van der Waals surface area contributed by atoms with Crippen LogP contribution in [-0.2, 0) is 11.8 Å². The molecule has 0 atom stereocenters. The van der Waals surface area contributed by atoms with Gasteiger partial charge in [0.15, 0.2) is 0 Å². The molecular formula is C18H19F2NO2S. The van der Waals surface area contributed by atoms with E-state index in [1.807, 2.05) is 12.1 Å². The summed E-state index contributed by atoms with van der Waals surface area (Å²) < 4.78 is 29.4. The van der Waals surface area contributed by atoms with Gasteiger partial charge in [0.1, 0.15) is 10.6 Å². The van der Waals surface area contributed by atoms with Crippen molar-refractivity contribution < 1.29 is 18.3 Å². The molecule has 0 aliphatic carbocycles. The Kier molecular flexibility index (Phi) is 4.34. The average molecular weight is 351 g/mol. The van der Waals surface area contributed by atoms with Gasteiger partial charge in [0.05, 0.1) is 0 Å². The van der Waals surface area contributed by atoms with Crippen LogP contribution in [0, 0.1) is 0 Å². The standard InChI is InChI=1S/C18H19F2NO2S/c1-18(2,3)12-4-5-13-11(10-12)6-8-21(13)16(22)15-14(7-9-24-15)23-17(19)20/h4-5,7,9-10,17H,6,8H2,1-3H3. The van der Waals surface area contributed by atoms with Gasteiger partial charge in [-0.1, -0.05) is 32.9 Å². The SMILES string of the molecule is CC(C)(C)c1ccc2c(c1)CCN2C(=O)c1sccc1OC(F)F. The highest BCUT2D eigenvalue weighted by atomic mass is 32.1. The number of carbonyl (C=O) groups is 1. The molecule has 1 aromatic carbocycles. The molecule has 0 spiro atoms. The quantitative estimate of drug-likeness (QED) is 0.791. The normalized spacial score (nSPS) is 14.2. The summed E-state index contributed by atoms with van der Waals surface area (Å²) in [6.45, 7) is 4.05. The maximum atomic E-state index is 12.8. The van der Waals surface area contributed by atoms with E-state index >= 15 is 0 Å². The Labute approximate surface area is 143 Å². The number of benzene rings is 1. The van der Waals surface area contributed by atoms with Crippen LogP contribution in [0.2, 0.25) is 0 Å². The van der Waals surface area contributed by atoms with Crippen molar-refractivity contribution in [2.45, 2.75) is 39.2 Å². The molecule has 6 heteroatoms. The molecule has 0 radical (unpaired) electrons. The number of nitrogens with zero attached hydrogens (tertiary/aromatic N) is 1. The lowest BCUT2D eigenvalue weighted by Crippen LogP contribution is -2.28. The molecule has 1 aliphatic rings. The van der Waals surface area contributed by atoms with E-state index in [-0.39, 0.29) is 21.9 Å². The lowest BCUT2D eigenvalue weighted by molar-refractivity contribution is -0.0498. The highest BCUT2D eigenvalue weighted by Crippen LogP contribution is 2.36. The van der Waals surface area contributed by atoms with Gasteiger partial charge < -0.3 is 9.64 Å². The molecule has 24 heavy (non-hydrogen) atoms. The summed E-state index contributed by atoms with van der Waals surface area (Å²) >= 11 is 1.12. The van der Waals surface area contributed by atoms with Crippen molar-refractivity contribution in [2.75, 3.05) is 11.4 Å². The first-order valence-corrected chi connectivity index (χ1v) is 8.63. The van der Waals surface area contributed by atoms with E-state index in [1.54, 1.807) is 10.3 Å². The molecule has 3 rings (SSSR count). The predicted octanol–water partition coefficient (Wildman–Crippen LogP) is 4.85. The van der Waals surface area contributed by atoms with Gasteiger partial charge in [-0.15, -0.1) is 11.3 Å². The second-order valence-electron chi connectivity index (χ2n) is 6.79. The van der Waals surface area contributed by atoms with Crippen molar-refractivity contribution in [2.24, 2.45) is 0 Å². The fourth-order valence-corrected chi connectivity index (χ4v) is 3.62. The van der Waals surface area contributed by atoms with Crippen LogP contribution < -0.4 is 9.64 Å². The lowest BCUT2D eigenvalue weighted by atomic mass is 9.86. The van der Waals surface area contributed by atoms with E-state index in [1.165, 1.54) is 11.6 Å². The van der Waals surface area contributed by atoms with E-state index in [9.17, 15) is 13.6 Å². The number of ether oxygens (including phenoxy) is 1. The van der Waals surface area contributed by atoms with Crippen LogP contribution in [0.5, 0.6) is 5.75 Å². The fraction of sp³-hybridized carbons (Fsp3) is 0.389. The van der Waals surface area contributed by atoms with E-state index in [0.29, 0.717) is 6.54 Å². The van der Waals surface area contributed by atoms with Gasteiger partial charge in [-0.25, -0.2) is 0 Å². The maximum absolute atomic E-state index is 12.8. The lowest BCUT2D eigenvalue weighted by Gasteiger charge is -2.21. The summed E-state index contributed by atoms with van der Waals surface area (Å²) in [7, 11) is 0. The zero-order valence-electron chi connectivity index (χ0n) is 13.8. The number of carbonyl (C=O) groups excluding carboxylic acids is 1. The summed E-state index contributed by atoms with van der Waals surface area (Å²) in [5, 5.41) is 1.59. The summed E-state index contributed by atoms with van der Waals surface area (Å²) in [4.78, 5) is 14.6. The van der Waals surface area contributed by atoms with E-state index in [2.05, 4.69) is 31.6 Å². The number of fused-ring (bicyclic) bond motifs is 1. The third-order valence-corrected chi connectivity index (χ3v) is 5.01. The van der Waals surface area contributed by atoms with Crippen LogP contribution in [0.4, 0.5) is 14.5 Å². The van der Waals surface area contributed by atoms with Crippen LogP contribution in [0.25, 0.3) is 0 Å². The molecule has 1 amide bonds. The van der Waals surface area contributed by atoms with Gasteiger partial charge in [0.2, 0.25) is 0 Å². The van der Waals surface area contributed by atoms with Crippen molar-refractivity contribution in [3.63, 3.8) is 0 Å². The zero-order chi connectivity index (χ0) is 17.5. The molecule has 2 aromatic rings. The van der Waals surface area contributed by atoms with Gasteiger partial charge in [0, 0.05) is 12.2 Å². The van der Waals surface area contributed by atoms with Crippen LogP contribution in [-0.4, -0.2) is 19.1 Å². The van der Waals surface area contributed by atoms with Crippen molar-refractivity contribution in [3.8, 4) is 5.75 Å². The van der Waals surface area contributed by atoms with Crippen LogP contribution in [0.15, 0.2) is 29.6 Å². The number of hydrogen-bond acceptors (Lipinski definition) is 3. The molecule has 0 fully saturated rings. The van der Waals surface area contributed by atoms with E-state index in [0.717, 1.165) is 29.0 Å². The third-order valence-electron chi connectivity index (χ3n) is 4.13. The number of halogens is 2. The first-order valence-electron chi connectivity index (χ1n) is 7.75. The van der Waals surface area contributed by atoms with Gasteiger partial charge in [0.25, 0.3) is 5.91 Å². The molecule has 1 aliphatic heterocycles. The molecule has 1 aromatic heterocycles. The maximum Gasteiger partial charge on any atom is 0.387 e. The first-order chi connectivity index (χ1) is 11.3. The van der Waals surface area contributed by atoms with E-state index < -0.39 is 6.61 Å². The second kappa shape index (κ2) is 6.16. The van der Waals surface area contributed by atoms with Gasteiger partial charge in [-0.3, -0.25) is 4.79 Å². The topological polar surface area (TPSA) is 29.5 Å². The van der Waals surface area contributed by atoms with Crippen LogP contribution in [0.1, 0.15) is 41.6 Å². The number of rotatable bonds is 3. The number of alkyl halides is 2. The van der Waals surface area contributed by atoms with Crippen LogP contribution >= 0.6 is 11.3 Å². The van der Waals surface area contributed by atoms with Crippen molar-refractivity contribution >= 4 is 22.9 Å². The summed E-state index contributed by atoms with van der Waals surface area (Å²) in [5.41, 5.74) is 3.22. The van der Waals surface area contributed by atoms with Crippen molar-refractivity contribution in [3.05, 3.63) is 45.6 Å². The minimum atomic E-state index is -2.94. The Hall–Kier alpha value is -1.95. The van der Waals surface area contributed by atoms with Gasteiger partial charge >= 0.3 is 6.61 Å². The monoisotopic (exact) mass is 351 g/mol. The fourth-order valence-electron chi connectivity index (χ4n) is 2.84. The zero-order valence-corrected chi connectivity index (χ0v) is 14.6. The molecular weight excluding hydrogens is 332 g/mol. The second-order valence-corrected chi connectivity index (χ2v) is 7.71. The Morgan fingerprint density at radius 3 is 2.71 bits per heavy atom. The molecule has 0 unspecified atom stereocenters. The molecule has 0 saturated heterocycles. The summed E-state index contributed by atoms with van der Waals surface area (Å²) in [5.74, 6) is -0.345. The summed E-state index contributed by atoms with van der Waals surface area (Å²) in [6.07, 6.45) is 0.765. The average Bonchev–Trinajstić information content (AvgIpc) is 3.10. The highest BCUT2D eigenvalue weighted by Gasteiger charge is 2.30. The Bertz CT molecular complexity index is 765. The van der Waals surface area contributed by atoms with Crippen molar-refractivity contribution in [1.82, 2.24) is 0 Å². The number of hydrogen-bond donors (Lipinski definition) is 0. The molecule has 0 saturated carbocycles. The van der Waals surface area contributed by atoms with Gasteiger partial charge in [-0.05, 0) is 40.5 Å². The predicted molar refractivity (Wildman–Crippen MR) is 91.5 cm³/mol.